The zero-order valence-electron chi connectivity index (χ0n) is 8.99. The first kappa shape index (κ1) is 10.9. The number of anilines is 1. The van der Waals surface area contributed by atoms with Gasteiger partial charge in [0.2, 0.25) is 0 Å². The Hall–Kier alpha value is -0.640. The van der Waals surface area contributed by atoms with Gasteiger partial charge in [0, 0.05) is 12.6 Å². The van der Waals surface area contributed by atoms with E-state index in [1.54, 1.807) is 6.20 Å². The van der Waals surface area contributed by atoms with Gasteiger partial charge in [-0.05, 0) is 35.7 Å². The van der Waals surface area contributed by atoms with E-state index in [0.717, 1.165) is 17.0 Å². The number of nitrogens with zero attached hydrogens (tertiary/aromatic N) is 3. The second-order valence-corrected chi connectivity index (χ2v) is 4.73. The summed E-state index contributed by atoms with van der Waals surface area (Å²) in [7, 11) is 0. The molecule has 4 heteroatoms. The van der Waals surface area contributed by atoms with E-state index in [0.29, 0.717) is 6.04 Å². The van der Waals surface area contributed by atoms with Gasteiger partial charge in [-0.1, -0.05) is 12.8 Å². The van der Waals surface area contributed by atoms with E-state index in [4.69, 9.17) is 0 Å². The van der Waals surface area contributed by atoms with Crippen LogP contribution in [-0.4, -0.2) is 22.6 Å². The lowest BCUT2D eigenvalue weighted by Crippen LogP contribution is -2.33. The van der Waals surface area contributed by atoms with Gasteiger partial charge in [0.1, 0.15) is 10.4 Å². The number of rotatable bonds is 3. The largest absolute Gasteiger partial charge is 0.353 e. The first-order chi connectivity index (χ1) is 7.31. The maximum absolute atomic E-state index is 4.41. The molecule has 15 heavy (non-hydrogen) atoms. The van der Waals surface area contributed by atoms with Crippen molar-refractivity contribution in [3.63, 3.8) is 0 Å². The molecule has 0 bridgehead atoms. The van der Waals surface area contributed by atoms with Crippen molar-refractivity contribution < 1.29 is 0 Å². The van der Waals surface area contributed by atoms with Gasteiger partial charge in [-0.15, -0.1) is 0 Å². The second-order valence-electron chi connectivity index (χ2n) is 3.92. The fourth-order valence-electron chi connectivity index (χ4n) is 2.28. The number of hydrogen-bond acceptors (Lipinski definition) is 3. The van der Waals surface area contributed by atoms with Crippen LogP contribution >= 0.6 is 15.9 Å². The number of halogens is 1. The summed E-state index contributed by atoms with van der Waals surface area (Å²) in [6.45, 7) is 3.20. The van der Waals surface area contributed by atoms with E-state index in [-0.39, 0.29) is 0 Å². The van der Waals surface area contributed by atoms with Crippen molar-refractivity contribution in [2.75, 3.05) is 11.4 Å². The Kier molecular flexibility index (Phi) is 3.57. The number of aromatic nitrogens is 2. The van der Waals surface area contributed by atoms with Gasteiger partial charge < -0.3 is 4.90 Å². The van der Waals surface area contributed by atoms with Gasteiger partial charge in [0.15, 0.2) is 0 Å². The lowest BCUT2D eigenvalue weighted by molar-refractivity contribution is 0.611. The Morgan fingerprint density at radius 2 is 2.07 bits per heavy atom. The quantitative estimate of drug-likeness (QED) is 0.845. The lowest BCUT2D eigenvalue weighted by atomic mass is 10.2. The molecule has 0 amide bonds. The Labute approximate surface area is 99.0 Å². The van der Waals surface area contributed by atoms with Crippen LogP contribution < -0.4 is 4.90 Å². The Balaban J connectivity index is 2.14. The molecule has 0 atom stereocenters. The van der Waals surface area contributed by atoms with Crippen LogP contribution in [0.2, 0.25) is 0 Å². The molecule has 3 nitrogen and oxygen atoms in total. The molecule has 1 aliphatic carbocycles. The summed E-state index contributed by atoms with van der Waals surface area (Å²) in [5.74, 6) is 1.01. The summed E-state index contributed by atoms with van der Waals surface area (Å²) in [6, 6.07) is 0.672. The zero-order chi connectivity index (χ0) is 10.7. The van der Waals surface area contributed by atoms with Gasteiger partial charge in [-0.2, -0.15) is 0 Å². The fourth-order valence-corrected chi connectivity index (χ4v) is 2.48. The predicted molar refractivity (Wildman–Crippen MR) is 65.0 cm³/mol. The van der Waals surface area contributed by atoms with Gasteiger partial charge >= 0.3 is 0 Å². The Bertz CT molecular complexity index is 306. The van der Waals surface area contributed by atoms with Crippen molar-refractivity contribution >= 4 is 21.7 Å². The summed E-state index contributed by atoms with van der Waals surface area (Å²) in [4.78, 5) is 11.0. The molecule has 1 aliphatic rings. The van der Waals surface area contributed by atoms with Crippen LogP contribution in [-0.2, 0) is 0 Å². The SMILES string of the molecule is CCN(c1cnc(Br)cn1)C1CCCC1. The average molecular weight is 270 g/mol. The summed E-state index contributed by atoms with van der Waals surface area (Å²) >= 11 is 3.31. The lowest BCUT2D eigenvalue weighted by Gasteiger charge is -2.28. The minimum atomic E-state index is 0.672. The summed E-state index contributed by atoms with van der Waals surface area (Å²) in [5.41, 5.74) is 0. The van der Waals surface area contributed by atoms with Gasteiger partial charge in [0.25, 0.3) is 0 Å². The summed E-state index contributed by atoms with van der Waals surface area (Å²) in [6.07, 6.45) is 8.92. The molecule has 1 heterocycles. The number of hydrogen-bond donors (Lipinski definition) is 0. The van der Waals surface area contributed by atoms with Crippen molar-refractivity contribution in [1.82, 2.24) is 9.97 Å². The smallest absolute Gasteiger partial charge is 0.147 e. The molecule has 82 valence electrons. The Morgan fingerprint density at radius 1 is 1.33 bits per heavy atom. The topological polar surface area (TPSA) is 29.0 Å². The molecule has 1 fully saturated rings. The molecule has 2 rings (SSSR count). The van der Waals surface area contributed by atoms with Gasteiger partial charge in [0.05, 0.1) is 12.4 Å². The zero-order valence-corrected chi connectivity index (χ0v) is 10.6. The van der Waals surface area contributed by atoms with E-state index in [1.807, 2.05) is 6.20 Å². The van der Waals surface area contributed by atoms with E-state index in [1.165, 1.54) is 25.7 Å². The molecule has 1 aromatic rings. The van der Waals surface area contributed by atoms with Crippen LogP contribution in [0.4, 0.5) is 5.82 Å². The van der Waals surface area contributed by atoms with Crippen LogP contribution in [0.3, 0.4) is 0 Å². The first-order valence-electron chi connectivity index (χ1n) is 5.55. The van der Waals surface area contributed by atoms with E-state index in [2.05, 4.69) is 37.7 Å². The first-order valence-corrected chi connectivity index (χ1v) is 6.34. The van der Waals surface area contributed by atoms with E-state index < -0.39 is 0 Å². The van der Waals surface area contributed by atoms with Crippen molar-refractivity contribution in [2.45, 2.75) is 38.6 Å². The van der Waals surface area contributed by atoms with Crippen molar-refractivity contribution in [3.05, 3.63) is 17.0 Å². The van der Waals surface area contributed by atoms with Crippen molar-refractivity contribution in [1.29, 1.82) is 0 Å². The third kappa shape index (κ3) is 2.48. The minimum absolute atomic E-state index is 0.672. The minimum Gasteiger partial charge on any atom is -0.353 e. The van der Waals surface area contributed by atoms with Crippen LogP contribution in [0.15, 0.2) is 17.0 Å². The third-order valence-electron chi connectivity index (χ3n) is 3.01. The highest BCUT2D eigenvalue weighted by atomic mass is 79.9. The van der Waals surface area contributed by atoms with Crippen LogP contribution in [0.5, 0.6) is 0 Å². The van der Waals surface area contributed by atoms with E-state index in [9.17, 15) is 0 Å². The second kappa shape index (κ2) is 4.92. The average Bonchev–Trinajstić information content (AvgIpc) is 2.75. The summed E-state index contributed by atoms with van der Waals surface area (Å²) in [5, 5.41) is 0. The maximum atomic E-state index is 4.41. The highest BCUT2D eigenvalue weighted by Gasteiger charge is 2.22. The van der Waals surface area contributed by atoms with Crippen LogP contribution in [0, 0.1) is 0 Å². The van der Waals surface area contributed by atoms with Gasteiger partial charge in [-0.3, -0.25) is 0 Å². The molecule has 0 aromatic carbocycles. The standard InChI is InChI=1S/C11H16BrN3/c1-2-15(9-5-3-4-6-9)11-8-13-10(12)7-14-11/h7-9H,2-6H2,1H3. The van der Waals surface area contributed by atoms with Crippen molar-refractivity contribution in [3.8, 4) is 0 Å². The molecule has 1 aromatic heterocycles. The molecule has 0 N–H and O–H groups in total. The predicted octanol–water partition coefficient (Wildman–Crippen LogP) is 3.01. The maximum Gasteiger partial charge on any atom is 0.147 e. The van der Waals surface area contributed by atoms with Crippen LogP contribution in [0.25, 0.3) is 0 Å². The fraction of sp³-hybridized carbons (Fsp3) is 0.636. The molecule has 0 spiro atoms. The molecular weight excluding hydrogens is 254 g/mol. The van der Waals surface area contributed by atoms with E-state index >= 15 is 0 Å². The molecule has 0 aliphatic heterocycles. The molecule has 0 saturated heterocycles. The molecule has 0 radical (unpaired) electrons. The molecular formula is C11H16BrN3. The highest BCUT2D eigenvalue weighted by molar-refractivity contribution is 9.10. The van der Waals surface area contributed by atoms with Gasteiger partial charge in [-0.25, -0.2) is 9.97 Å². The van der Waals surface area contributed by atoms with Crippen LogP contribution in [0.1, 0.15) is 32.6 Å². The highest BCUT2D eigenvalue weighted by Crippen LogP contribution is 2.26. The molecule has 0 unspecified atom stereocenters. The Morgan fingerprint density at radius 3 is 2.60 bits per heavy atom. The summed E-state index contributed by atoms with van der Waals surface area (Å²) < 4.78 is 0.800. The van der Waals surface area contributed by atoms with Crippen molar-refractivity contribution in [2.24, 2.45) is 0 Å². The third-order valence-corrected chi connectivity index (χ3v) is 3.42. The monoisotopic (exact) mass is 269 g/mol. The normalized spacial score (nSPS) is 16.9. The molecule has 1 saturated carbocycles.